The number of rotatable bonds is 6. The molecule has 0 unspecified atom stereocenters. The van der Waals surface area contributed by atoms with Crippen LogP contribution in [0.4, 0.5) is 13.6 Å². The Kier molecular flexibility index (Phi) is 7.40. The molecule has 40 heavy (non-hydrogen) atoms. The molecule has 212 valence electrons. The normalized spacial score (nSPS) is 15.4. The van der Waals surface area contributed by atoms with Gasteiger partial charge in [-0.05, 0) is 45.2 Å². The molecule has 4 heterocycles. The summed E-state index contributed by atoms with van der Waals surface area (Å²) in [7, 11) is 1.50. The lowest BCUT2D eigenvalue weighted by molar-refractivity contribution is 0.0120. The zero-order valence-corrected chi connectivity index (χ0v) is 23.7. The van der Waals surface area contributed by atoms with Crippen molar-refractivity contribution < 1.29 is 27.8 Å². The second kappa shape index (κ2) is 10.7. The van der Waals surface area contributed by atoms with Gasteiger partial charge in [0.25, 0.3) is 5.56 Å². The zero-order valence-electron chi connectivity index (χ0n) is 22.8. The van der Waals surface area contributed by atoms with Crippen molar-refractivity contribution in [3.63, 3.8) is 0 Å². The number of thiophene rings is 1. The zero-order chi connectivity index (χ0) is 28.8. The summed E-state index contributed by atoms with van der Waals surface area (Å²) < 4.78 is 48.4. The maximum atomic E-state index is 15.6. The van der Waals surface area contributed by atoms with Crippen molar-refractivity contribution in [3.05, 3.63) is 57.3 Å². The van der Waals surface area contributed by atoms with Gasteiger partial charge in [0.15, 0.2) is 0 Å². The average molecular weight is 573 g/mol. The molecule has 1 N–H and O–H groups in total. The minimum atomic E-state index is -0.846. The van der Waals surface area contributed by atoms with E-state index in [0.717, 1.165) is 17.8 Å². The molecule has 0 saturated carbocycles. The van der Waals surface area contributed by atoms with Crippen LogP contribution >= 0.6 is 11.3 Å². The van der Waals surface area contributed by atoms with Crippen LogP contribution in [-0.4, -0.2) is 58.2 Å². The Labute approximate surface area is 233 Å². The molecule has 1 amide bonds. The van der Waals surface area contributed by atoms with Crippen molar-refractivity contribution >= 4 is 27.5 Å². The molecule has 4 aromatic rings. The molecule has 1 aliphatic rings. The van der Waals surface area contributed by atoms with Gasteiger partial charge in [-0.25, -0.2) is 13.6 Å². The average Bonchev–Trinajstić information content (AvgIpc) is 3.52. The second-order valence-electron chi connectivity index (χ2n) is 10.5. The molecule has 0 spiro atoms. The number of nitrogens with one attached hydrogen (secondary N) is 1. The highest BCUT2D eigenvalue weighted by molar-refractivity contribution is 7.17. The van der Waals surface area contributed by atoms with E-state index in [2.05, 4.69) is 4.98 Å². The summed E-state index contributed by atoms with van der Waals surface area (Å²) in [6.45, 7) is 8.34. The Hall–Kier alpha value is -3.77. The molecule has 0 fully saturated rings. The van der Waals surface area contributed by atoms with Crippen LogP contribution in [0.1, 0.15) is 39.4 Å². The standard InChI is InChI=1S/C28H30F2N4O5S/c1-15-20-14-19(32-34(20)8-7-33(15)27(36)39-28(2,3)4)24-22(17-6-11-40-25(17)26(35)31-24)23-18(30)12-16(29)13-21(23)38-10-9-37-5/h6,11-15H,7-10H2,1-5H3,(H,31,35)/t15-/m0/s1. The van der Waals surface area contributed by atoms with Gasteiger partial charge < -0.3 is 19.2 Å². The number of halogens is 2. The van der Waals surface area contributed by atoms with E-state index in [4.69, 9.17) is 19.3 Å². The number of amides is 1. The van der Waals surface area contributed by atoms with E-state index in [9.17, 15) is 14.0 Å². The molecule has 1 atom stereocenters. The van der Waals surface area contributed by atoms with Crippen LogP contribution in [0.3, 0.4) is 0 Å². The Morgan fingerprint density at radius 3 is 2.67 bits per heavy atom. The Balaban J connectivity index is 1.66. The molecule has 0 saturated heterocycles. The van der Waals surface area contributed by atoms with E-state index >= 15 is 4.39 Å². The van der Waals surface area contributed by atoms with Crippen molar-refractivity contribution in [1.82, 2.24) is 19.7 Å². The quantitative estimate of drug-likeness (QED) is 0.296. The van der Waals surface area contributed by atoms with Crippen molar-refractivity contribution in [1.29, 1.82) is 0 Å². The molecule has 0 aliphatic carbocycles. The SMILES string of the molecule is COCCOc1cc(F)cc(F)c1-c1c(-c2cc3n(n2)CCN(C(=O)OC(C)(C)C)[C@H]3C)[nH]c(=O)c2sccc12. The molecule has 1 aromatic carbocycles. The Morgan fingerprint density at radius 1 is 1.18 bits per heavy atom. The van der Waals surface area contributed by atoms with Crippen LogP contribution in [0.5, 0.6) is 5.75 Å². The lowest BCUT2D eigenvalue weighted by Crippen LogP contribution is -2.43. The molecule has 1 aliphatic heterocycles. The fourth-order valence-electron chi connectivity index (χ4n) is 4.84. The van der Waals surface area contributed by atoms with Crippen LogP contribution in [-0.2, 0) is 16.0 Å². The monoisotopic (exact) mass is 572 g/mol. The number of aromatic nitrogens is 3. The van der Waals surface area contributed by atoms with E-state index in [-0.39, 0.29) is 41.8 Å². The highest BCUT2D eigenvalue weighted by Gasteiger charge is 2.33. The summed E-state index contributed by atoms with van der Waals surface area (Å²) in [5.74, 6) is -1.67. The first-order chi connectivity index (χ1) is 19.0. The number of carbonyl (C=O) groups excluding carboxylic acids is 1. The smallest absolute Gasteiger partial charge is 0.410 e. The van der Waals surface area contributed by atoms with Crippen molar-refractivity contribution in [2.45, 2.75) is 45.9 Å². The summed E-state index contributed by atoms with van der Waals surface area (Å²) in [5, 5.41) is 6.95. The van der Waals surface area contributed by atoms with Gasteiger partial charge in [0.05, 0.1) is 36.1 Å². The maximum absolute atomic E-state index is 15.6. The minimum absolute atomic E-state index is 0.00144. The van der Waals surface area contributed by atoms with Crippen LogP contribution in [0.15, 0.2) is 34.4 Å². The summed E-state index contributed by atoms with van der Waals surface area (Å²) in [4.78, 5) is 30.4. The third kappa shape index (κ3) is 5.20. The third-order valence-electron chi connectivity index (χ3n) is 6.59. The van der Waals surface area contributed by atoms with Gasteiger partial charge >= 0.3 is 6.09 Å². The molecule has 3 aromatic heterocycles. The highest BCUT2D eigenvalue weighted by Crippen LogP contribution is 2.43. The summed E-state index contributed by atoms with van der Waals surface area (Å²) in [6.07, 6.45) is -0.436. The Bertz CT molecular complexity index is 1640. The number of benzene rings is 1. The van der Waals surface area contributed by atoms with E-state index in [1.54, 1.807) is 27.1 Å². The molecule has 5 rings (SSSR count). The molecular formula is C28H30F2N4O5S. The van der Waals surface area contributed by atoms with Gasteiger partial charge in [0, 0.05) is 36.7 Å². The minimum Gasteiger partial charge on any atom is -0.490 e. The lowest BCUT2D eigenvalue weighted by atomic mass is 9.97. The summed E-state index contributed by atoms with van der Waals surface area (Å²) >= 11 is 1.21. The first kappa shape index (κ1) is 27.8. The second-order valence-corrected chi connectivity index (χ2v) is 11.4. The number of pyridine rings is 1. The van der Waals surface area contributed by atoms with E-state index in [0.29, 0.717) is 34.4 Å². The number of ether oxygens (including phenoxy) is 3. The van der Waals surface area contributed by atoms with Gasteiger partial charge in [-0.1, -0.05) is 0 Å². The predicted molar refractivity (Wildman–Crippen MR) is 148 cm³/mol. The van der Waals surface area contributed by atoms with Gasteiger partial charge in [-0.2, -0.15) is 5.10 Å². The maximum Gasteiger partial charge on any atom is 0.410 e. The van der Waals surface area contributed by atoms with Gasteiger partial charge in [-0.3, -0.25) is 14.4 Å². The third-order valence-corrected chi connectivity index (χ3v) is 7.50. The number of methoxy groups -OCH3 is 1. The molecule has 0 bridgehead atoms. The highest BCUT2D eigenvalue weighted by atomic mass is 32.1. The van der Waals surface area contributed by atoms with Crippen LogP contribution in [0, 0.1) is 11.6 Å². The lowest BCUT2D eigenvalue weighted by Gasteiger charge is -2.35. The number of hydrogen-bond acceptors (Lipinski definition) is 7. The number of aromatic amines is 1. The van der Waals surface area contributed by atoms with E-state index in [1.165, 1.54) is 18.4 Å². The molecule has 0 radical (unpaired) electrons. The molecule has 12 heteroatoms. The number of carbonyl (C=O) groups is 1. The summed E-state index contributed by atoms with van der Waals surface area (Å²) in [6, 6.07) is 5.00. The Morgan fingerprint density at radius 2 is 1.95 bits per heavy atom. The first-order valence-electron chi connectivity index (χ1n) is 12.8. The van der Waals surface area contributed by atoms with Gasteiger partial charge in [-0.15, -0.1) is 11.3 Å². The fraction of sp³-hybridized carbons (Fsp3) is 0.393. The van der Waals surface area contributed by atoms with E-state index < -0.39 is 23.3 Å². The van der Waals surface area contributed by atoms with Crippen LogP contribution in [0.2, 0.25) is 0 Å². The van der Waals surface area contributed by atoms with Crippen molar-refractivity contribution in [3.8, 4) is 28.3 Å². The number of nitrogens with zero attached hydrogens (tertiary/aromatic N) is 3. The van der Waals surface area contributed by atoms with Crippen LogP contribution < -0.4 is 10.3 Å². The number of hydrogen-bond donors (Lipinski definition) is 1. The van der Waals surface area contributed by atoms with Gasteiger partial charge in [0.2, 0.25) is 0 Å². The largest absolute Gasteiger partial charge is 0.490 e. The first-order valence-corrected chi connectivity index (χ1v) is 13.7. The molecule has 9 nitrogen and oxygen atoms in total. The molecular weight excluding hydrogens is 542 g/mol. The van der Waals surface area contributed by atoms with Crippen LogP contribution in [0.25, 0.3) is 32.6 Å². The summed E-state index contributed by atoms with van der Waals surface area (Å²) in [5.41, 5.74) is 0.680. The van der Waals surface area contributed by atoms with E-state index in [1.807, 2.05) is 27.7 Å². The number of H-pyrrole nitrogens is 1. The topological polar surface area (TPSA) is 98.7 Å². The number of fused-ring (bicyclic) bond motifs is 2. The van der Waals surface area contributed by atoms with Crippen molar-refractivity contribution in [2.24, 2.45) is 0 Å². The predicted octanol–water partition coefficient (Wildman–Crippen LogP) is 5.74. The van der Waals surface area contributed by atoms with Gasteiger partial charge in [0.1, 0.15) is 40.0 Å². The fourth-order valence-corrected chi connectivity index (χ4v) is 5.63. The van der Waals surface area contributed by atoms with Crippen molar-refractivity contribution in [2.75, 3.05) is 26.9 Å².